The SMILES string of the molecule is CC[C@@H](C)C(=O)N[C@H](C(=O)N1Cc2cc(NCc3ccc(C(=O)CC4C[C@@H](C(=O)NC5CCCc6ccccc65)N(C(=O)[C@@H](NC(=O)[C@H](C)NC)C(C)(C)C)C4)cc3Cl)ccc2C[C@H]1C(=O)NC1CCCc2ccccc21)C(C)(C)C. The van der Waals surface area contributed by atoms with Gasteiger partial charge < -0.3 is 41.7 Å². The average molecular weight is 1130 g/mol. The van der Waals surface area contributed by atoms with Crippen LogP contribution in [-0.2, 0) is 61.1 Å². The van der Waals surface area contributed by atoms with Crippen LogP contribution < -0.4 is 31.9 Å². The number of anilines is 1. The number of fused-ring (bicyclic) bond motifs is 3. The van der Waals surface area contributed by atoms with Crippen molar-refractivity contribution >= 4 is 58.5 Å². The summed E-state index contributed by atoms with van der Waals surface area (Å²) in [6.07, 6.45) is 6.58. The lowest BCUT2D eigenvalue weighted by Crippen LogP contribution is -2.61. The molecule has 81 heavy (non-hydrogen) atoms. The second-order valence-electron chi connectivity index (χ2n) is 25.3. The van der Waals surface area contributed by atoms with Gasteiger partial charge in [0.2, 0.25) is 35.4 Å². The van der Waals surface area contributed by atoms with Crippen molar-refractivity contribution in [3.63, 3.8) is 0 Å². The second-order valence-corrected chi connectivity index (χ2v) is 25.7. The highest BCUT2D eigenvalue weighted by Gasteiger charge is 2.47. The van der Waals surface area contributed by atoms with E-state index >= 15 is 0 Å². The van der Waals surface area contributed by atoms with E-state index in [0.717, 1.165) is 72.0 Å². The summed E-state index contributed by atoms with van der Waals surface area (Å²) in [5.74, 6) is -2.53. The lowest BCUT2D eigenvalue weighted by molar-refractivity contribution is -0.147. The monoisotopic (exact) mass is 1120 g/mol. The van der Waals surface area contributed by atoms with Crippen molar-refractivity contribution in [3.05, 3.63) is 134 Å². The topological polar surface area (TPSA) is 198 Å². The number of ketones is 1. The largest absolute Gasteiger partial charge is 0.381 e. The zero-order valence-electron chi connectivity index (χ0n) is 49.1. The van der Waals surface area contributed by atoms with E-state index in [9.17, 15) is 33.6 Å². The first kappa shape index (κ1) is 60.5. The average Bonchev–Trinajstić information content (AvgIpc) is 4.02. The fourth-order valence-corrected chi connectivity index (χ4v) is 12.3. The first-order valence-corrected chi connectivity index (χ1v) is 29.7. The number of benzene rings is 4. The molecule has 0 saturated carbocycles. The molecule has 3 unspecified atom stereocenters. The first-order valence-electron chi connectivity index (χ1n) is 29.3. The Kier molecular flexibility index (Phi) is 19.2. The summed E-state index contributed by atoms with van der Waals surface area (Å²) in [6, 6.07) is 23.1. The van der Waals surface area contributed by atoms with Crippen LogP contribution in [-0.4, -0.2) is 94.8 Å². The molecule has 0 bridgehead atoms. The summed E-state index contributed by atoms with van der Waals surface area (Å²) in [7, 11) is 1.68. The highest BCUT2D eigenvalue weighted by atomic mass is 35.5. The molecule has 16 heteroatoms. The highest BCUT2D eigenvalue weighted by Crippen LogP contribution is 2.37. The fraction of sp³-hybridized carbons (Fsp3) is 0.523. The lowest BCUT2D eigenvalue weighted by Gasteiger charge is -2.42. The number of rotatable bonds is 18. The van der Waals surface area contributed by atoms with Crippen LogP contribution in [0.1, 0.15) is 169 Å². The van der Waals surface area contributed by atoms with Gasteiger partial charge in [-0.1, -0.05) is 134 Å². The molecule has 4 aliphatic rings. The van der Waals surface area contributed by atoms with Crippen LogP contribution >= 0.6 is 11.6 Å². The summed E-state index contributed by atoms with van der Waals surface area (Å²) >= 11 is 6.96. The number of hydrogen-bond acceptors (Lipinski definition) is 9. The predicted molar refractivity (Wildman–Crippen MR) is 317 cm³/mol. The summed E-state index contributed by atoms with van der Waals surface area (Å²) in [4.78, 5) is 103. The predicted octanol–water partition coefficient (Wildman–Crippen LogP) is 9.10. The third-order valence-electron chi connectivity index (χ3n) is 17.3. The quantitative estimate of drug-likeness (QED) is 0.0527. The molecule has 0 aromatic heterocycles. The van der Waals surface area contributed by atoms with Crippen LogP contribution in [0.15, 0.2) is 84.9 Å². The zero-order valence-corrected chi connectivity index (χ0v) is 49.9. The van der Waals surface area contributed by atoms with E-state index in [1.165, 1.54) is 11.1 Å². The van der Waals surface area contributed by atoms with Crippen LogP contribution in [0.25, 0.3) is 0 Å². The number of aryl methyl sites for hydroxylation is 2. The molecule has 6 N–H and O–H groups in total. The molecule has 8 rings (SSSR count). The smallest absolute Gasteiger partial charge is 0.246 e. The maximum Gasteiger partial charge on any atom is 0.246 e. The van der Waals surface area contributed by atoms with Crippen molar-refractivity contribution < 1.29 is 33.6 Å². The van der Waals surface area contributed by atoms with Gasteiger partial charge >= 0.3 is 0 Å². The van der Waals surface area contributed by atoms with E-state index in [-0.39, 0.29) is 91.1 Å². The first-order chi connectivity index (χ1) is 38.4. The molecule has 2 aliphatic heterocycles. The molecule has 1 saturated heterocycles. The summed E-state index contributed by atoms with van der Waals surface area (Å²) in [5, 5.41) is 19.4. The van der Waals surface area contributed by atoms with E-state index < -0.39 is 41.0 Å². The van der Waals surface area contributed by atoms with Crippen molar-refractivity contribution in [1.29, 1.82) is 0 Å². The van der Waals surface area contributed by atoms with Gasteiger partial charge in [0.25, 0.3) is 0 Å². The molecule has 0 radical (unpaired) electrons. The van der Waals surface area contributed by atoms with E-state index in [4.69, 9.17) is 11.6 Å². The van der Waals surface area contributed by atoms with Gasteiger partial charge in [-0.25, -0.2) is 0 Å². The standard InChI is InChI=1S/C65H85ClN8O7/c1-11-38(2)58(76)71-56(64(4,5)6)63(81)74-37-46-32-47(29-28-43(46)34-54(74)61(79)70-52-25-17-21-42-19-13-15-23-49(42)52)68-35-45-27-26-44(33-50(45)66)55(75)31-40-30-53(60(78)69-51-24-16-20-41-18-12-14-22-48(41)51)73(36-40)62(80)57(65(7,8)9)72-59(77)39(3)67-10/h12-15,18-19,22-23,26-29,32-33,38-40,51-54,56-57,67-68H,11,16-17,20-21,24-25,30-31,34-37H2,1-10H3,(H,69,78)(H,70,79)(H,71,76)(H,72,77)/t38-,39+,40?,51?,52?,53+,54+,56-,57-/m1/s1. The normalized spacial score (nSPS) is 21.2. The van der Waals surface area contributed by atoms with Gasteiger partial charge in [0.15, 0.2) is 5.78 Å². The molecular weight excluding hydrogens is 1040 g/mol. The second kappa shape index (κ2) is 25.7. The van der Waals surface area contributed by atoms with Gasteiger partial charge in [-0.05, 0) is 139 Å². The zero-order chi connectivity index (χ0) is 58.5. The Morgan fingerprint density at radius 3 is 1.80 bits per heavy atom. The number of likely N-dealkylation sites (tertiary alicyclic amines) is 1. The molecule has 4 aromatic carbocycles. The molecule has 2 aliphatic carbocycles. The Morgan fingerprint density at radius 2 is 1.23 bits per heavy atom. The summed E-state index contributed by atoms with van der Waals surface area (Å²) < 4.78 is 0. The van der Waals surface area contributed by atoms with Gasteiger partial charge in [0.1, 0.15) is 24.2 Å². The molecule has 0 spiro atoms. The van der Waals surface area contributed by atoms with Crippen LogP contribution in [0, 0.1) is 22.7 Å². The molecule has 1 fully saturated rings. The number of amides is 6. The van der Waals surface area contributed by atoms with Crippen LogP contribution in [0.2, 0.25) is 5.02 Å². The van der Waals surface area contributed by atoms with E-state index in [0.29, 0.717) is 30.0 Å². The van der Waals surface area contributed by atoms with Crippen molar-refractivity contribution in [2.45, 2.75) is 182 Å². The molecule has 2 heterocycles. The summed E-state index contributed by atoms with van der Waals surface area (Å²) in [5.41, 5.74) is 7.00. The molecule has 4 aromatic rings. The van der Waals surface area contributed by atoms with E-state index in [1.54, 1.807) is 35.9 Å². The maximum atomic E-state index is 14.9. The van der Waals surface area contributed by atoms with Crippen LogP contribution in [0.4, 0.5) is 5.69 Å². The molecule has 434 valence electrons. The van der Waals surface area contributed by atoms with Gasteiger partial charge in [0, 0.05) is 54.7 Å². The maximum absolute atomic E-state index is 14.9. The van der Waals surface area contributed by atoms with Crippen molar-refractivity contribution in [3.8, 4) is 0 Å². The van der Waals surface area contributed by atoms with Gasteiger partial charge in [-0.3, -0.25) is 33.6 Å². The molecular formula is C65H85ClN8O7. The number of hydrogen-bond donors (Lipinski definition) is 6. The lowest BCUT2D eigenvalue weighted by atomic mass is 9.83. The fourth-order valence-electron chi connectivity index (χ4n) is 12.0. The third kappa shape index (κ3) is 14.2. The van der Waals surface area contributed by atoms with Crippen molar-refractivity contribution in [2.24, 2.45) is 22.7 Å². The minimum absolute atomic E-state index is 0.0729. The molecule has 6 amide bonds. The summed E-state index contributed by atoms with van der Waals surface area (Å²) in [6.45, 7) is 17.6. The van der Waals surface area contributed by atoms with Crippen molar-refractivity contribution in [1.82, 2.24) is 36.4 Å². The Morgan fingerprint density at radius 1 is 0.667 bits per heavy atom. The molecule has 15 nitrogen and oxygen atoms in total. The Labute approximate surface area is 484 Å². The Bertz CT molecular complexity index is 3000. The third-order valence-corrected chi connectivity index (χ3v) is 17.6. The number of halogens is 1. The number of carbonyl (C=O) groups excluding carboxylic acids is 7. The number of nitrogens with one attached hydrogen (secondary N) is 6. The number of nitrogens with zero attached hydrogens (tertiary/aromatic N) is 2. The number of carbonyl (C=O) groups is 7. The van der Waals surface area contributed by atoms with Crippen LogP contribution in [0.3, 0.4) is 0 Å². The number of likely N-dealkylation sites (N-methyl/N-ethyl adjacent to an activating group) is 1. The van der Waals surface area contributed by atoms with Crippen LogP contribution in [0.5, 0.6) is 0 Å². The Hall–Kier alpha value is -6.58. The minimum Gasteiger partial charge on any atom is -0.381 e. The molecule has 9 atom stereocenters. The van der Waals surface area contributed by atoms with E-state index in [1.807, 2.05) is 110 Å². The van der Waals surface area contributed by atoms with Gasteiger partial charge in [-0.2, -0.15) is 0 Å². The van der Waals surface area contributed by atoms with Crippen molar-refractivity contribution in [2.75, 3.05) is 18.9 Å². The Balaban J connectivity index is 0.971. The van der Waals surface area contributed by atoms with Gasteiger partial charge in [0.05, 0.1) is 18.1 Å². The van der Waals surface area contributed by atoms with E-state index in [2.05, 4.69) is 50.1 Å². The minimum atomic E-state index is -0.932. The highest BCUT2D eigenvalue weighted by molar-refractivity contribution is 6.31. The number of Topliss-reactive ketones (excluding diaryl/α,β-unsaturated/α-hetero) is 1. The van der Waals surface area contributed by atoms with Gasteiger partial charge in [-0.15, -0.1) is 0 Å².